The van der Waals surface area contributed by atoms with E-state index in [1.165, 1.54) is 0 Å². The third-order valence-corrected chi connectivity index (χ3v) is 4.75. The van der Waals surface area contributed by atoms with Crippen LogP contribution in [0.3, 0.4) is 0 Å². The van der Waals surface area contributed by atoms with Crippen molar-refractivity contribution in [3.05, 3.63) is 101 Å². The Hall–Kier alpha value is -3.66. The molecule has 1 amide bonds. The first-order chi connectivity index (χ1) is 13.5. The Balaban J connectivity index is 1.64. The summed E-state index contributed by atoms with van der Waals surface area (Å²) in [5, 5.41) is 3.71. The van der Waals surface area contributed by atoms with E-state index >= 15 is 0 Å². The number of rotatable bonds is 4. The molecule has 0 atom stereocenters. The van der Waals surface area contributed by atoms with Gasteiger partial charge in [0.15, 0.2) is 5.76 Å². The van der Waals surface area contributed by atoms with Gasteiger partial charge in [0.25, 0.3) is 5.91 Å². The van der Waals surface area contributed by atoms with Gasteiger partial charge in [0.1, 0.15) is 5.58 Å². The lowest BCUT2D eigenvalue weighted by Gasteiger charge is -2.06. The maximum atomic E-state index is 12.7. The highest BCUT2D eigenvalue weighted by Crippen LogP contribution is 2.29. The molecule has 0 spiro atoms. The van der Waals surface area contributed by atoms with Crippen molar-refractivity contribution in [2.24, 2.45) is 0 Å². The van der Waals surface area contributed by atoms with Gasteiger partial charge in [-0.05, 0) is 44.2 Å². The van der Waals surface area contributed by atoms with Crippen LogP contribution in [0.4, 0.5) is 5.69 Å². The Morgan fingerprint density at radius 3 is 2.25 bits per heavy atom. The standard InChI is InChI=1S/C24H19NO3/c1-15-8-10-18(11-9-15)24(27)25-19-12-13-21-20(14-19)16(2)23(28-21)22(26)17-6-4-3-5-7-17/h3-14H,1-2H3,(H,25,27). The SMILES string of the molecule is Cc1ccc(C(=O)Nc2ccc3oc(C(=O)c4ccccc4)c(C)c3c2)cc1. The molecular formula is C24H19NO3. The predicted octanol–water partition coefficient (Wildman–Crippen LogP) is 5.53. The van der Waals surface area contributed by atoms with Crippen LogP contribution in [0.25, 0.3) is 11.0 Å². The van der Waals surface area contributed by atoms with Crippen LogP contribution in [0.2, 0.25) is 0 Å². The molecule has 138 valence electrons. The van der Waals surface area contributed by atoms with Gasteiger partial charge in [-0.15, -0.1) is 0 Å². The Morgan fingerprint density at radius 2 is 1.54 bits per heavy atom. The normalized spacial score (nSPS) is 10.8. The van der Waals surface area contributed by atoms with Crippen LogP contribution in [-0.2, 0) is 0 Å². The number of furan rings is 1. The monoisotopic (exact) mass is 369 g/mol. The Labute approximate surface area is 162 Å². The van der Waals surface area contributed by atoms with Gasteiger partial charge in [-0.2, -0.15) is 0 Å². The highest BCUT2D eigenvalue weighted by Gasteiger charge is 2.19. The summed E-state index contributed by atoms with van der Waals surface area (Å²) < 4.78 is 5.81. The number of hydrogen-bond donors (Lipinski definition) is 1. The molecule has 1 heterocycles. The summed E-state index contributed by atoms with van der Waals surface area (Å²) in [7, 11) is 0. The van der Waals surface area contributed by atoms with E-state index in [1.54, 1.807) is 36.4 Å². The van der Waals surface area contributed by atoms with Gasteiger partial charge in [0, 0.05) is 27.8 Å². The minimum atomic E-state index is -0.180. The van der Waals surface area contributed by atoms with Crippen molar-refractivity contribution in [1.82, 2.24) is 0 Å². The summed E-state index contributed by atoms with van der Waals surface area (Å²) in [6.45, 7) is 3.83. The quantitative estimate of drug-likeness (QED) is 0.481. The number of carbonyl (C=O) groups excluding carboxylic acids is 2. The van der Waals surface area contributed by atoms with E-state index in [1.807, 2.05) is 50.2 Å². The molecule has 4 aromatic rings. The summed E-state index contributed by atoms with van der Waals surface area (Å²) >= 11 is 0. The Morgan fingerprint density at radius 1 is 0.821 bits per heavy atom. The molecule has 0 fully saturated rings. The molecule has 1 N–H and O–H groups in total. The predicted molar refractivity (Wildman–Crippen MR) is 110 cm³/mol. The zero-order chi connectivity index (χ0) is 19.7. The van der Waals surface area contributed by atoms with Crippen molar-refractivity contribution in [2.45, 2.75) is 13.8 Å². The average Bonchev–Trinajstić information content (AvgIpc) is 3.05. The van der Waals surface area contributed by atoms with Gasteiger partial charge in [-0.1, -0.05) is 48.0 Å². The summed E-state index contributed by atoms with van der Waals surface area (Å²) in [6.07, 6.45) is 0. The van der Waals surface area contributed by atoms with Crippen LogP contribution in [0, 0.1) is 13.8 Å². The third-order valence-electron chi connectivity index (χ3n) is 4.75. The van der Waals surface area contributed by atoms with Gasteiger partial charge in [-0.3, -0.25) is 9.59 Å². The van der Waals surface area contributed by atoms with Gasteiger partial charge in [0.05, 0.1) is 0 Å². The van der Waals surface area contributed by atoms with E-state index in [0.717, 1.165) is 16.5 Å². The number of anilines is 1. The van der Waals surface area contributed by atoms with Crippen molar-refractivity contribution in [3.8, 4) is 0 Å². The molecule has 0 aliphatic rings. The highest BCUT2D eigenvalue weighted by atomic mass is 16.3. The Bertz CT molecular complexity index is 1170. The Kier molecular flexibility index (Phi) is 4.53. The van der Waals surface area contributed by atoms with E-state index < -0.39 is 0 Å². The summed E-state index contributed by atoms with van der Waals surface area (Å²) in [5.74, 6) is -0.0103. The van der Waals surface area contributed by atoms with Crippen LogP contribution < -0.4 is 5.32 Å². The molecule has 28 heavy (non-hydrogen) atoms. The number of benzene rings is 3. The zero-order valence-electron chi connectivity index (χ0n) is 15.7. The fraction of sp³-hybridized carbons (Fsp3) is 0.0833. The molecule has 0 aliphatic carbocycles. The van der Waals surface area contributed by atoms with Gasteiger partial charge < -0.3 is 9.73 Å². The van der Waals surface area contributed by atoms with E-state index in [-0.39, 0.29) is 11.7 Å². The molecule has 4 nitrogen and oxygen atoms in total. The number of amides is 1. The molecule has 0 aliphatic heterocycles. The van der Waals surface area contributed by atoms with E-state index in [0.29, 0.717) is 28.2 Å². The lowest BCUT2D eigenvalue weighted by Crippen LogP contribution is -2.11. The van der Waals surface area contributed by atoms with Crippen LogP contribution in [0.1, 0.15) is 37.6 Å². The lowest BCUT2D eigenvalue weighted by atomic mass is 10.0. The first kappa shape index (κ1) is 17.7. The van der Waals surface area contributed by atoms with E-state index in [4.69, 9.17) is 4.42 Å². The molecule has 0 radical (unpaired) electrons. The maximum Gasteiger partial charge on any atom is 0.255 e. The number of carbonyl (C=O) groups is 2. The number of nitrogens with one attached hydrogen (secondary N) is 1. The zero-order valence-corrected chi connectivity index (χ0v) is 15.7. The number of fused-ring (bicyclic) bond motifs is 1. The van der Waals surface area contributed by atoms with Crippen molar-refractivity contribution in [3.63, 3.8) is 0 Å². The smallest absolute Gasteiger partial charge is 0.255 e. The van der Waals surface area contributed by atoms with E-state index in [9.17, 15) is 9.59 Å². The summed E-state index contributed by atoms with van der Waals surface area (Å²) in [6, 6.07) is 21.8. The second kappa shape index (κ2) is 7.16. The molecule has 0 bridgehead atoms. The average molecular weight is 369 g/mol. The molecule has 0 unspecified atom stereocenters. The van der Waals surface area contributed by atoms with Crippen molar-refractivity contribution in [2.75, 3.05) is 5.32 Å². The van der Waals surface area contributed by atoms with Gasteiger partial charge in [-0.25, -0.2) is 0 Å². The second-order valence-corrected chi connectivity index (χ2v) is 6.78. The number of hydrogen-bond acceptors (Lipinski definition) is 3. The molecule has 0 saturated heterocycles. The van der Waals surface area contributed by atoms with E-state index in [2.05, 4.69) is 5.32 Å². The van der Waals surface area contributed by atoms with Crippen LogP contribution in [-0.4, -0.2) is 11.7 Å². The summed E-state index contributed by atoms with van der Waals surface area (Å²) in [5.41, 5.74) is 4.30. The number of ketones is 1. The van der Waals surface area contributed by atoms with Crippen molar-refractivity contribution >= 4 is 28.3 Å². The molecule has 4 heteroatoms. The topological polar surface area (TPSA) is 59.3 Å². The fourth-order valence-corrected chi connectivity index (χ4v) is 3.14. The largest absolute Gasteiger partial charge is 0.452 e. The molecule has 1 aromatic heterocycles. The van der Waals surface area contributed by atoms with Crippen LogP contribution in [0.5, 0.6) is 0 Å². The van der Waals surface area contributed by atoms with Crippen LogP contribution in [0.15, 0.2) is 77.2 Å². The number of aryl methyl sites for hydroxylation is 2. The van der Waals surface area contributed by atoms with Crippen molar-refractivity contribution in [1.29, 1.82) is 0 Å². The summed E-state index contributed by atoms with van der Waals surface area (Å²) in [4.78, 5) is 25.2. The molecule has 4 rings (SSSR count). The van der Waals surface area contributed by atoms with Crippen LogP contribution >= 0.6 is 0 Å². The van der Waals surface area contributed by atoms with Crippen molar-refractivity contribution < 1.29 is 14.0 Å². The molecule has 0 saturated carbocycles. The third kappa shape index (κ3) is 3.32. The molecular weight excluding hydrogens is 350 g/mol. The van der Waals surface area contributed by atoms with Gasteiger partial charge >= 0.3 is 0 Å². The lowest BCUT2D eigenvalue weighted by molar-refractivity contribution is 0.101. The minimum absolute atomic E-state index is 0.153. The maximum absolute atomic E-state index is 12.7. The minimum Gasteiger partial charge on any atom is -0.452 e. The fourth-order valence-electron chi connectivity index (χ4n) is 3.14. The second-order valence-electron chi connectivity index (χ2n) is 6.78. The highest BCUT2D eigenvalue weighted by molar-refractivity contribution is 6.11. The first-order valence-electron chi connectivity index (χ1n) is 9.04. The van der Waals surface area contributed by atoms with Gasteiger partial charge in [0.2, 0.25) is 5.78 Å². The first-order valence-corrected chi connectivity index (χ1v) is 9.04. The molecule has 3 aromatic carbocycles.